The molecular formula is C14H21NO4. The van der Waals surface area contributed by atoms with Crippen molar-refractivity contribution in [2.45, 2.75) is 26.5 Å². The van der Waals surface area contributed by atoms with Crippen molar-refractivity contribution in [3.8, 4) is 11.5 Å². The van der Waals surface area contributed by atoms with E-state index in [-0.39, 0.29) is 5.97 Å². The lowest BCUT2D eigenvalue weighted by molar-refractivity contribution is -0.150. The van der Waals surface area contributed by atoms with Gasteiger partial charge in [-0.05, 0) is 39.1 Å². The number of benzene rings is 1. The molecule has 1 N–H and O–H groups in total. The van der Waals surface area contributed by atoms with E-state index in [1.807, 2.05) is 13.1 Å². The lowest BCUT2D eigenvalue weighted by Crippen LogP contribution is -2.26. The smallest absolute Gasteiger partial charge is 0.347 e. The minimum atomic E-state index is -0.635. The van der Waals surface area contributed by atoms with Crippen LogP contribution < -0.4 is 14.8 Å². The van der Waals surface area contributed by atoms with E-state index in [9.17, 15) is 4.79 Å². The Morgan fingerprint density at radius 2 is 2.16 bits per heavy atom. The molecule has 0 amide bonds. The van der Waals surface area contributed by atoms with E-state index in [0.29, 0.717) is 18.9 Å². The van der Waals surface area contributed by atoms with Crippen LogP contribution in [0.4, 0.5) is 0 Å². The summed E-state index contributed by atoms with van der Waals surface area (Å²) in [5.74, 6) is 1.03. The molecular weight excluding hydrogens is 246 g/mol. The number of carbonyl (C=O) groups excluding carboxylic acids is 1. The molecule has 1 atom stereocenters. The molecule has 5 nitrogen and oxygen atoms in total. The van der Waals surface area contributed by atoms with Crippen LogP contribution in [-0.2, 0) is 16.1 Å². The number of methoxy groups -OCH3 is 1. The van der Waals surface area contributed by atoms with Gasteiger partial charge < -0.3 is 19.5 Å². The van der Waals surface area contributed by atoms with E-state index in [2.05, 4.69) is 5.32 Å². The molecule has 0 saturated carbocycles. The Balaban J connectivity index is 2.84. The van der Waals surface area contributed by atoms with Gasteiger partial charge in [0.2, 0.25) is 0 Å². The van der Waals surface area contributed by atoms with E-state index in [0.717, 1.165) is 11.3 Å². The van der Waals surface area contributed by atoms with Crippen molar-refractivity contribution in [2.24, 2.45) is 0 Å². The minimum absolute atomic E-state index is 0.346. The van der Waals surface area contributed by atoms with Crippen molar-refractivity contribution in [1.29, 1.82) is 0 Å². The summed E-state index contributed by atoms with van der Waals surface area (Å²) in [6, 6.07) is 5.47. The van der Waals surface area contributed by atoms with Crippen molar-refractivity contribution < 1.29 is 19.0 Å². The molecule has 0 bridgehead atoms. The Morgan fingerprint density at radius 3 is 2.74 bits per heavy atom. The highest BCUT2D eigenvalue weighted by Gasteiger charge is 2.17. The minimum Gasteiger partial charge on any atom is -0.497 e. The van der Waals surface area contributed by atoms with Crippen LogP contribution >= 0.6 is 0 Å². The molecule has 1 unspecified atom stereocenters. The van der Waals surface area contributed by atoms with E-state index in [1.54, 1.807) is 33.1 Å². The van der Waals surface area contributed by atoms with E-state index in [4.69, 9.17) is 14.2 Å². The van der Waals surface area contributed by atoms with E-state index < -0.39 is 6.10 Å². The van der Waals surface area contributed by atoms with Crippen LogP contribution in [0.2, 0.25) is 0 Å². The van der Waals surface area contributed by atoms with Gasteiger partial charge in [0.1, 0.15) is 11.5 Å². The van der Waals surface area contributed by atoms with Gasteiger partial charge in [-0.2, -0.15) is 0 Å². The number of rotatable bonds is 7. The molecule has 5 heteroatoms. The van der Waals surface area contributed by atoms with Crippen LogP contribution in [0.3, 0.4) is 0 Å². The fraction of sp³-hybridized carbons (Fsp3) is 0.500. The molecule has 0 radical (unpaired) electrons. The molecule has 0 heterocycles. The Labute approximate surface area is 113 Å². The molecule has 0 aliphatic rings. The summed E-state index contributed by atoms with van der Waals surface area (Å²) in [7, 11) is 3.46. The number of nitrogens with one attached hydrogen (secondary N) is 1. The number of ether oxygens (including phenoxy) is 3. The van der Waals surface area contributed by atoms with Crippen molar-refractivity contribution in [2.75, 3.05) is 20.8 Å². The standard InChI is InChI=1S/C14H21NO4/c1-5-18-14(16)10(2)19-13-7-6-12(17-4)8-11(13)9-15-3/h6-8,10,15H,5,9H2,1-4H3. The molecule has 1 aromatic rings. The van der Waals surface area contributed by atoms with Crippen molar-refractivity contribution in [3.05, 3.63) is 23.8 Å². The maximum atomic E-state index is 11.6. The first-order valence-electron chi connectivity index (χ1n) is 6.27. The zero-order valence-electron chi connectivity index (χ0n) is 11.9. The van der Waals surface area contributed by atoms with Crippen LogP contribution in [-0.4, -0.2) is 32.8 Å². The first-order valence-corrected chi connectivity index (χ1v) is 6.27. The Hall–Kier alpha value is -1.75. The normalized spacial score (nSPS) is 11.8. The monoisotopic (exact) mass is 267 g/mol. The number of esters is 1. The second-order valence-electron chi connectivity index (χ2n) is 4.02. The first-order chi connectivity index (χ1) is 9.12. The van der Waals surface area contributed by atoms with Gasteiger partial charge in [0, 0.05) is 12.1 Å². The second-order valence-corrected chi connectivity index (χ2v) is 4.02. The highest BCUT2D eigenvalue weighted by Crippen LogP contribution is 2.25. The average molecular weight is 267 g/mol. The summed E-state index contributed by atoms with van der Waals surface area (Å²) in [6.07, 6.45) is -0.635. The SMILES string of the molecule is CCOC(=O)C(C)Oc1ccc(OC)cc1CNC. The van der Waals surface area contributed by atoms with E-state index >= 15 is 0 Å². The summed E-state index contributed by atoms with van der Waals surface area (Å²) in [5.41, 5.74) is 0.929. The molecule has 0 saturated heterocycles. The Morgan fingerprint density at radius 1 is 1.42 bits per heavy atom. The van der Waals surface area contributed by atoms with E-state index in [1.165, 1.54) is 0 Å². The van der Waals surface area contributed by atoms with Gasteiger partial charge >= 0.3 is 5.97 Å². The number of hydrogen-bond acceptors (Lipinski definition) is 5. The van der Waals surface area contributed by atoms with Gasteiger partial charge in [0.15, 0.2) is 6.10 Å². The maximum absolute atomic E-state index is 11.6. The Kier molecular flexibility index (Phi) is 6.15. The third-order valence-electron chi connectivity index (χ3n) is 2.56. The predicted molar refractivity (Wildman–Crippen MR) is 72.5 cm³/mol. The average Bonchev–Trinajstić information content (AvgIpc) is 2.41. The quantitative estimate of drug-likeness (QED) is 0.763. The van der Waals surface area contributed by atoms with Crippen molar-refractivity contribution >= 4 is 5.97 Å². The summed E-state index contributed by atoms with van der Waals surface area (Å²) in [6.45, 7) is 4.41. The van der Waals surface area contributed by atoms with Gasteiger partial charge in [0.25, 0.3) is 0 Å². The topological polar surface area (TPSA) is 56.8 Å². The Bertz CT molecular complexity index is 420. The molecule has 0 aromatic heterocycles. The molecule has 19 heavy (non-hydrogen) atoms. The van der Waals surface area contributed by atoms with Gasteiger partial charge in [-0.25, -0.2) is 4.79 Å². The zero-order chi connectivity index (χ0) is 14.3. The van der Waals surface area contributed by atoms with Crippen LogP contribution in [0, 0.1) is 0 Å². The van der Waals surface area contributed by atoms with Crippen molar-refractivity contribution in [3.63, 3.8) is 0 Å². The molecule has 0 aliphatic carbocycles. The van der Waals surface area contributed by atoms with Crippen LogP contribution in [0.15, 0.2) is 18.2 Å². The molecule has 1 rings (SSSR count). The zero-order valence-corrected chi connectivity index (χ0v) is 11.9. The lowest BCUT2D eigenvalue weighted by Gasteiger charge is -2.17. The molecule has 1 aromatic carbocycles. The molecule has 106 valence electrons. The summed E-state index contributed by atoms with van der Waals surface area (Å²) < 4.78 is 15.7. The first kappa shape index (κ1) is 15.3. The fourth-order valence-corrected chi connectivity index (χ4v) is 1.62. The molecule has 0 spiro atoms. The molecule has 0 fully saturated rings. The van der Waals surface area contributed by atoms with Crippen LogP contribution in [0.5, 0.6) is 11.5 Å². The third kappa shape index (κ3) is 4.44. The second kappa shape index (κ2) is 7.63. The molecule has 0 aliphatic heterocycles. The van der Waals surface area contributed by atoms with Crippen LogP contribution in [0.1, 0.15) is 19.4 Å². The maximum Gasteiger partial charge on any atom is 0.347 e. The lowest BCUT2D eigenvalue weighted by atomic mass is 10.2. The highest BCUT2D eigenvalue weighted by atomic mass is 16.6. The van der Waals surface area contributed by atoms with Crippen LogP contribution in [0.25, 0.3) is 0 Å². The predicted octanol–water partition coefficient (Wildman–Crippen LogP) is 1.74. The van der Waals surface area contributed by atoms with Gasteiger partial charge in [0.05, 0.1) is 13.7 Å². The fourth-order valence-electron chi connectivity index (χ4n) is 1.62. The third-order valence-corrected chi connectivity index (χ3v) is 2.56. The summed E-state index contributed by atoms with van der Waals surface area (Å²) in [5, 5.41) is 3.05. The summed E-state index contributed by atoms with van der Waals surface area (Å²) in [4.78, 5) is 11.6. The number of carbonyl (C=O) groups is 1. The van der Waals surface area contributed by atoms with Crippen molar-refractivity contribution in [1.82, 2.24) is 5.32 Å². The largest absolute Gasteiger partial charge is 0.497 e. The highest BCUT2D eigenvalue weighted by molar-refractivity contribution is 5.74. The van der Waals surface area contributed by atoms with Gasteiger partial charge in [-0.15, -0.1) is 0 Å². The van der Waals surface area contributed by atoms with Gasteiger partial charge in [-0.1, -0.05) is 0 Å². The van der Waals surface area contributed by atoms with Gasteiger partial charge in [-0.3, -0.25) is 0 Å². The number of hydrogen-bond donors (Lipinski definition) is 1. The summed E-state index contributed by atoms with van der Waals surface area (Å²) >= 11 is 0.